The quantitative estimate of drug-likeness (QED) is 0.134. The zero-order chi connectivity index (χ0) is 26.0. The molecule has 0 spiro atoms. The summed E-state index contributed by atoms with van der Waals surface area (Å²) in [7, 11) is 1.57. The molecule has 4 aromatic rings. The minimum atomic E-state index is -0.408. The molecule has 1 aromatic heterocycles. The molecule has 0 unspecified atom stereocenters. The highest BCUT2D eigenvalue weighted by Crippen LogP contribution is 2.34. The van der Waals surface area contributed by atoms with Crippen molar-refractivity contribution < 1.29 is 18.7 Å². The molecule has 1 heterocycles. The Bertz CT molecular complexity index is 1390. The molecule has 0 fully saturated rings. The number of hydrogen-bond donors (Lipinski definition) is 1. The Kier molecular flexibility index (Phi) is 8.94. The molecule has 4 rings (SSSR count). The predicted molar refractivity (Wildman–Crippen MR) is 148 cm³/mol. The van der Waals surface area contributed by atoms with Gasteiger partial charge in [0.25, 0.3) is 0 Å². The molecule has 0 aliphatic heterocycles. The van der Waals surface area contributed by atoms with Crippen LogP contribution in [0.1, 0.15) is 18.1 Å². The summed E-state index contributed by atoms with van der Waals surface area (Å²) in [6.07, 6.45) is 4.79. The number of aromatic nitrogens is 1. The number of methoxy groups -OCH3 is 1. The Morgan fingerprint density at radius 1 is 1.03 bits per heavy atom. The molecule has 0 bridgehead atoms. The van der Waals surface area contributed by atoms with Crippen LogP contribution in [-0.2, 0) is 15.3 Å². The van der Waals surface area contributed by atoms with Crippen LogP contribution >= 0.6 is 11.8 Å². The van der Waals surface area contributed by atoms with E-state index >= 15 is 0 Å². The van der Waals surface area contributed by atoms with Gasteiger partial charge >= 0.3 is 5.97 Å². The molecule has 0 saturated heterocycles. The van der Waals surface area contributed by atoms with E-state index in [0.29, 0.717) is 29.3 Å². The van der Waals surface area contributed by atoms with Crippen LogP contribution in [0.3, 0.4) is 0 Å². The average molecular weight is 515 g/mol. The Morgan fingerprint density at radius 2 is 1.86 bits per heavy atom. The van der Waals surface area contributed by atoms with Gasteiger partial charge in [-0.3, -0.25) is 4.98 Å². The van der Waals surface area contributed by atoms with Gasteiger partial charge in [0, 0.05) is 34.0 Å². The van der Waals surface area contributed by atoms with E-state index < -0.39 is 5.97 Å². The number of anilines is 2. The van der Waals surface area contributed by atoms with Gasteiger partial charge in [-0.05, 0) is 54.5 Å². The molecule has 188 valence electrons. The van der Waals surface area contributed by atoms with Gasteiger partial charge in [-0.1, -0.05) is 42.5 Å². The van der Waals surface area contributed by atoms with Crippen LogP contribution in [0.5, 0.6) is 5.75 Å². The van der Waals surface area contributed by atoms with Crippen LogP contribution in [-0.4, -0.2) is 24.7 Å². The molecule has 0 amide bonds. The molecule has 0 aliphatic rings. The second-order valence-corrected chi connectivity index (χ2v) is 9.06. The fourth-order valence-corrected chi connectivity index (χ4v) is 4.52. The van der Waals surface area contributed by atoms with Gasteiger partial charge in [-0.15, -0.1) is 11.8 Å². The summed E-state index contributed by atoms with van der Waals surface area (Å²) in [5.41, 5.74) is 4.69. The SMILES string of the molecule is CCOC(=O)C=Cc1cc(SCc2ccccc2)ccc1Nc1cnc(-c2cccc(F)c2)cc1OC. The number of nitrogens with one attached hydrogen (secondary N) is 1. The monoisotopic (exact) mass is 514 g/mol. The third kappa shape index (κ3) is 7.21. The summed E-state index contributed by atoms with van der Waals surface area (Å²) in [4.78, 5) is 17.5. The zero-order valence-corrected chi connectivity index (χ0v) is 21.4. The Balaban J connectivity index is 1.61. The molecule has 7 heteroatoms. The maximum Gasteiger partial charge on any atom is 0.330 e. The summed E-state index contributed by atoms with van der Waals surface area (Å²) in [6, 6.07) is 24.3. The largest absolute Gasteiger partial charge is 0.494 e. The van der Waals surface area contributed by atoms with Crippen LogP contribution in [0.2, 0.25) is 0 Å². The van der Waals surface area contributed by atoms with Crippen LogP contribution < -0.4 is 10.1 Å². The van der Waals surface area contributed by atoms with Crippen molar-refractivity contribution >= 4 is 35.2 Å². The highest BCUT2D eigenvalue weighted by atomic mass is 32.2. The molecule has 0 aliphatic carbocycles. The molecule has 0 atom stereocenters. The first-order valence-corrected chi connectivity index (χ1v) is 12.8. The van der Waals surface area contributed by atoms with E-state index in [-0.39, 0.29) is 5.82 Å². The number of carbonyl (C=O) groups is 1. The van der Waals surface area contributed by atoms with Gasteiger partial charge in [0.1, 0.15) is 11.6 Å². The molecule has 37 heavy (non-hydrogen) atoms. The summed E-state index contributed by atoms with van der Waals surface area (Å²) in [5.74, 6) is 0.642. The van der Waals surface area contributed by atoms with E-state index in [2.05, 4.69) is 22.4 Å². The minimum absolute atomic E-state index is 0.307. The normalized spacial score (nSPS) is 10.9. The van der Waals surface area contributed by atoms with Gasteiger partial charge in [0.05, 0.1) is 31.3 Å². The summed E-state index contributed by atoms with van der Waals surface area (Å²) in [6.45, 7) is 2.08. The fraction of sp³-hybridized carbons (Fsp3) is 0.133. The van der Waals surface area contributed by atoms with Crippen molar-refractivity contribution in [1.82, 2.24) is 4.98 Å². The topological polar surface area (TPSA) is 60.5 Å². The van der Waals surface area contributed by atoms with Crippen LogP contribution in [0.4, 0.5) is 15.8 Å². The second-order valence-electron chi connectivity index (χ2n) is 8.01. The maximum atomic E-state index is 13.7. The molecule has 5 nitrogen and oxygen atoms in total. The standard InChI is InChI=1S/C30H27FN2O3S/c1-3-36-30(34)15-12-23-17-25(37-20-21-8-5-4-6-9-21)13-14-26(23)33-28-19-32-27(18-29(28)35-2)22-10-7-11-24(31)16-22/h4-19,33H,3,20H2,1-2H3. The van der Waals surface area contributed by atoms with Crippen LogP contribution in [0.25, 0.3) is 17.3 Å². The lowest BCUT2D eigenvalue weighted by Gasteiger charge is -2.15. The van der Waals surface area contributed by atoms with Crippen molar-refractivity contribution in [3.05, 3.63) is 108 Å². The van der Waals surface area contributed by atoms with Crippen molar-refractivity contribution in [3.8, 4) is 17.0 Å². The van der Waals surface area contributed by atoms with Gasteiger partial charge in [0.15, 0.2) is 0 Å². The smallest absolute Gasteiger partial charge is 0.330 e. The lowest BCUT2D eigenvalue weighted by molar-refractivity contribution is -0.137. The number of nitrogens with zero attached hydrogens (tertiary/aromatic N) is 1. The fourth-order valence-electron chi connectivity index (χ4n) is 3.62. The number of rotatable bonds is 10. The maximum absolute atomic E-state index is 13.7. The molecular formula is C30H27FN2O3S. The Morgan fingerprint density at radius 3 is 2.62 bits per heavy atom. The first-order valence-electron chi connectivity index (χ1n) is 11.8. The van der Waals surface area contributed by atoms with Crippen molar-refractivity contribution in [3.63, 3.8) is 0 Å². The Hall–Kier alpha value is -4.10. The van der Waals surface area contributed by atoms with Crippen molar-refractivity contribution in [1.29, 1.82) is 0 Å². The Labute approximate surface area is 220 Å². The first kappa shape index (κ1) is 26.0. The molecule has 0 saturated carbocycles. The van der Waals surface area contributed by atoms with Crippen molar-refractivity contribution in [2.75, 3.05) is 19.0 Å². The summed E-state index contributed by atoms with van der Waals surface area (Å²) in [5, 5.41) is 3.36. The number of benzene rings is 3. The number of thioether (sulfide) groups is 1. The number of esters is 1. The molecule has 0 radical (unpaired) electrons. The number of pyridine rings is 1. The van der Waals surface area contributed by atoms with E-state index in [9.17, 15) is 9.18 Å². The third-order valence-electron chi connectivity index (χ3n) is 5.43. The van der Waals surface area contributed by atoms with Gasteiger partial charge in [0.2, 0.25) is 0 Å². The van der Waals surface area contributed by atoms with E-state index in [1.54, 1.807) is 56.3 Å². The van der Waals surface area contributed by atoms with E-state index in [4.69, 9.17) is 9.47 Å². The number of hydrogen-bond acceptors (Lipinski definition) is 6. The molecule has 3 aromatic carbocycles. The second kappa shape index (κ2) is 12.7. The summed E-state index contributed by atoms with van der Waals surface area (Å²) >= 11 is 1.71. The van der Waals surface area contributed by atoms with E-state index in [1.165, 1.54) is 23.8 Å². The van der Waals surface area contributed by atoms with Gasteiger partial charge in [-0.25, -0.2) is 9.18 Å². The lowest BCUT2D eigenvalue weighted by Crippen LogP contribution is -2.00. The first-order chi connectivity index (χ1) is 18.1. The lowest BCUT2D eigenvalue weighted by atomic mass is 10.1. The zero-order valence-electron chi connectivity index (χ0n) is 20.6. The molecular weight excluding hydrogens is 487 g/mol. The van der Waals surface area contributed by atoms with Gasteiger partial charge in [-0.2, -0.15) is 0 Å². The number of carbonyl (C=O) groups excluding carboxylic acids is 1. The highest BCUT2D eigenvalue weighted by Gasteiger charge is 2.11. The van der Waals surface area contributed by atoms with E-state index in [0.717, 1.165) is 21.9 Å². The predicted octanol–water partition coefficient (Wildman–Crippen LogP) is 7.51. The average Bonchev–Trinajstić information content (AvgIpc) is 2.92. The van der Waals surface area contributed by atoms with Crippen molar-refractivity contribution in [2.45, 2.75) is 17.6 Å². The van der Waals surface area contributed by atoms with Crippen LogP contribution in [0, 0.1) is 5.82 Å². The highest BCUT2D eigenvalue weighted by molar-refractivity contribution is 7.98. The van der Waals surface area contributed by atoms with Crippen LogP contribution in [0.15, 0.2) is 96.0 Å². The molecule has 1 N–H and O–H groups in total. The number of halogens is 1. The summed E-state index contributed by atoms with van der Waals surface area (Å²) < 4.78 is 24.3. The number of ether oxygens (including phenoxy) is 2. The van der Waals surface area contributed by atoms with Crippen molar-refractivity contribution in [2.24, 2.45) is 0 Å². The van der Waals surface area contributed by atoms with E-state index in [1.807, 2.05) is 36.4 Å². The third-order valence-corrected chi connectivity index (χ3v) is 6.50. The van der Waals surface area contributed by atoms with Gasteiger partial charge < -0.3 is 14.8 Å². The minimum Gasteiger partial charge on any atom is -0.494 e.